The fourth-order valence-electron chi connectivity index (χ4n) is 2.61. The smallest absolute Gasteiger partial charge is 0.132 e. The van der Waals surface area contributed by atoms with Crippen molar-refractivity contribution in [3.63, 3.8) is 0 Å². The maximum Gasteiger partial charge on any atom is 0.132 e. The highest BCUT2D eigenvalue weighted by atomic mass is 15.2. The van der Waals surface area contributed by atoms with Gasteiger partial charge in [-0.05, 0) is 30.7 Å². The first kappa shape index (κ1) is 13.1. The van der Waals surface area contributed by atoms with Crippen LogP contribution >= 0.6 is 0 Å². The minimum absolute atomic E-state index is 0.870. The number of nitrogens with one attached hydrogen (secondary N) is 1. The summed E-state index contributed by atoms with van der Waals surface area (Å²) in [6, 6.07) is 10.7. The van der Waals surface area contributed by atoms with Crippen molar-refractivity contribution in [3.8, 4) is 0 Å². The lowest BCUT2D eigenvalue weighted by molar-refractivity contribution is 0.705. The largest absolute Gasteiger partial charge is 0.352 e. The Bertz CT molecular complexity index is 582. The Hall–Kier alpha value is -1.94. The zero-order valence-electron chi connectivity index (χ0n) is 11.8. The molecule has 20 heavy (non-hydrogen) atoms. The number of likely N-dealkylation sites (N-methyl/N-ethyl adjacent to an activating group) is 1. The second kappa shape index (κ2) is 6.01. The van der Waals surface area contributed by atoms with Crippen LogP contribution in [-0.4, -0.2) is 30.1 Å². The minimum atomic E-state index is 0.870. The predicted octanol–water partition coefficient (Wildman–Crippen LogP) is 1.80. The number of anilines is 1. The average Bonchev–Trinajstić information content (AvgIpc) is 2.53. The summed E-state index contributed by atoms with van der Waals surface area (Å²) in [6.07, 6.45) is 3.83. The van der Waals surface area contributed by atoms with E-state index in [0.717, 1.165) is 44.1 Å². The molecule has 0 aliphatic carbocycles. The lowest BCUT2D eigenvalue weighted by atomic mass is 10.00. The summed E-state index contributed by atoms with van der Waals surface area (Å²) in [5.74, 6) is 1.95. The molecule has 0 amide bonds. The van der Waals surface area contributed by atoms with Crippen LogP contribution in [0, 0.1) is 0 Å². The Morgan fingerprint density at radius 2 is 2.05 bits per heavy atom. The van der Waals surface area contributed by atoms with Gasteiger partial charge in [0.15, 0.2) is 0 Å². The van der Waals surface area contributed by atoms with E-state index in [4.69, 9.17) is 0 Å². The molecular weight excluding hydrogens is 248 g/mol. The second-order valence-electron chi connectivity index (χ2n) is 5.12. The molecule has 1 aromatic carbocycles. The van der Waals surface area contributed by atoms with E-state index in [1.807, 2.05) is 19.3 Å². The molecule has 2 heterocycles. The third-order valence-electron chi connectivity index (χ3n) is 3.74. The fraction of sp³-hybridized carbons (Fsp3) is 0.375. The third-order valence-corrected chi connectivity index (χ3v) is 3.74. The Balaban J connectivity index is 1.77. The predicted molar refractivity (Wildman–Crippen MR) is 80.9 cm³/mol. The van der Waals surface area contributed by atoms with Crippen molar-refractivity contribution in [2.45, 2.75) is 19.4 Å². The van der Waals surface area contributed by atoms with Crippen LogP contribution in [0.3, 0.4) is 0 Å². The van der Waals surface area contributed by atoms with Crippen molar-refractivity contribution in [3.05, 3.63) is 53.5 Å². The lowest BCUT2D eigenvalue weighted by Crippen LogP contribution is -2.31. The highest BCUT2D eigenvalue weighted by molar-refractivity contribution is 5.43. The quantitative estimate of drug-likeness (QED) is 0.918. The molecular formula is C16H20N4. The number of fused-ring (bicyclic) bond motifs is 1. The van der Waals surface area contributed by atoms with Crippen molar-refractivity contribution in [2.75, 3.05) is 25.0 Å². The Morgan fingerprint density at radius 3 is 2.90 bits per heavy atom. The van der Waals surface area contributed by atoms with Gasteiger partial charge in [-0.25, -0.2) is 9.97 Å². The molecule has 4 nitrogen and oxygen atoms in total. The first-order valence-electron chi connectivity index (χ1n) is 7.15. The van der Waals surface area contributed by atoms with E-state index in [1.54, 1.807) is 0 Å². The zero-order chi connectivity index (χ0) is 13.8. The van der Waals surface area contributed by atoms with Crippen LogP contribution in [-0.2, 0) is 19.4 Å². The van der Waals surface area contributed by atoms with Crippen LogP contribution < -0.4 is 10.2 Å². The lowest BCUT2D eigenvalue weighted by Gasteiger charge is -2.29. The van der Waals surface area contributed by atoms with Gasteiger partial charge in [-0.3, -0.25) is 0 Å². The molecule has 3 rings (SSSR count). The molecule has 1 aliphatic rings. The molecule has 0 spiro atoms. The highest BCUT2D eigenvalue weighted by Crippen LogP contribution is 2.22. The Kier molecular flexibility index (Phi) is 3.92. The SMILES string of the molecule is CNCCc1nccc(N2CCc3ccccc3C2)n1. The van der Waals surface area contributed by atoms with E-state index < -0.39 is 0 Å². The molecule has 1 aliphatic heterocycles. The van der Waals surface area contributed by atoms with Crippen molar-refractivity contribution >= 4 is 5.82 Å². The molecule has 1 N–H and O–H groups in total. The number of benzene rings is 1. The maximum atomic E-state index is 4.68. The van der Waals surface area contributed by atoms with Gasteiger partial charge in [-0.2, -0.15) is 0 Å². The molecule has 104 valence electrons. The van der Waals surface area contributed by atoms with Gasteiger partial charge in [0.2, 0.25) is 0 Å². The molecule has 4 heteroatoms. The summed E-state index contributed by atoms with van der Waals surface area (Å²) in [7, 11) is 1.95. The van der Waals surface area contributed by atoms with Crippen LogP contribution in [0.5, 0.6) is 0 Å². The van der Waals surface area contributed by atoms with E-state index in [-0.39, 0.29) is 0 Å². The standard InChI is InChI=1S/C16H20N4/c1-17-9-6-15-18-10-7-16(19-15)20-11-8-13-4-2-3-5-14(13)12-20/h2-5,7,10,17H,6,8-9,11-12H2,1H3. The number of rotatable bonds is 4. The molecule has 0 radical (unpaired) electrons. The van der Waals surface area contributed by atoms with E-state index in [0.29, 0.717) is 0 Å². The van der Waals surface area contributed by atoms with Crippen LogP contribution in [0.4, 0.5) is 5.82 Å². The number of aromatic nitrogens is 2. The van der Waals surface area contributed by atoms with Crippen molar-refractivity contribution < 1.29 is 0 Å². The van der Waals surface area contributed by atoms with Gasteiger partial charge in [0.25, 0.3) is 0 Å². The van der Waals surface area contributed by atoms with Crippen LogP contribution in [0.2, 0.25) is 0 Å². The molecule has 0 saturated heterocycles. The van der Waals surface area contributed by atoms with E-state index >= 15 is 0 Å². The molecule has 0 atom stereocenters. The van der Waals surface area contributed by atoms with E-state index in [9.17, 15) is 0 Å². The zero-order valence-corrected chi connectivity index (χ0v) is 11.8. The van der Waals surface area contributed by atoms with Gasteiger partial charge in [0.05, 0.1) is 0 Å². The monoisotopic (exact) mass is 268 g/mol. The number of hydrogen-bond donors (Lipinski definition) is 1. The van der Waals surface area contributed by atoms with E-state index in [1.165, 1.54) is 11.1 Å². The summed E-state index contributed by atoms with van der Waals surface area (Å²) in [4.78, 5) is 11.4. The molecule has 0 bridgehead atoms. The normalized spacial score (nSPS) is 14.2. The molecule has 0 fully saturated rings. The Labute approximate surface area is 119 Å². The summed E-state index contributed by atoms with van der Waals surface area (Å²) in [6.45, 7) is 2.88. The second-order valence-corrected chi connectivity index (χ2v) is 5.12. The summed E-state index contributed by atoms with van der Waals surface area (Å²) < 4.78 is 0. The number of hydrogen-bond acceptors (Lipinski definition) is 4. The Morgan fingerprint density at radius 1 is 1.20 bits per heavy atom. The number of nitrogens with zero attached hydrogens (tertiary/aromatic N) is 3. The van der Waals surface area contributed by atoms with Crippen LogP contribution in [0.25, 0.3) is 0 Å². The first-order chi connectivity index (χ1) is 9.86. The average molecular weight is 268 g/mol. The van der Waals surface area contributed by atoms with Gasteiger partial charge >= 0.3 is 0 Å². The summed E-state index contributed by atoms with van der Waals surface area (Å²) >= 11 is 0. The first-order valence-corrected chi connectivity index (χ1v) is 7.15. The molecule has 1 aromatic heterocycles. The fourth-order valence-corrected chi connectivity index (χ4v) is 2.61. The molecule has 0 saturated carbocycles. The van der Waals surface area contributed by atoms with Crippen molar-refractivity contribution in [1.82, 2.24) is 15.3 Å². The summed E-state index contributed by atoms with van der Waals surface area (Å²) in [5.41, 5.74) is 2.88. The van der Waals surface area contributed by atoms with Crippen LogP contribution in [0.1, 0.15) is 17.0 Å². The maximum absolute atomic E-state index is 4.68. The van der Waals surface area contributed by atoms with Crippen molar-refractivity contribution in [2.24, 2.45) is 0 Å². The van der Waals surface area contributed by atoms with E-state index in [2.05, 4.69) is 44.5 Å². The van der Waals surface area contributed by atoms with Gasteiger partial charge in [0.1, 0.15) is 11.6 Å². The third kappa shape index (κ3) is 2.80. The van der Waals surface area contributed by atoms with Crippen molar-refractivity contribution in [1.29, 1.82) is 0 Å². The topological polar surface area (TPSA) is 41.1 Å². The molecule has 0 unspecified atom stereocenters. The van der Waals surface area contributed by atoms with Gasteiger partial charge in [-0.1, -0.05) is 24.3 Å². The van der Waals surface area contributed by atoms with Gasteiger partial charge < -0.3 is 10.2 Å². The van der Waals surface area contributed by atoms with Gasteiger partial charge in [0, 0.05) is 32.3 Å². The minimum Gasteiger partial charge on any atom is -0.352 e. The summed E-state index contributed by atoms with van der Waals surface area (Å²) in [5, 5.41) is 3.13. The van der Waals surface area contributed by atoms with Crippen LogP contribution in [0.15, 0.2) is 36.5 Å². The molecule has 2 aromatic rings. The highest BCUT2D eigenvalue weighted by Gasteiger charge is 2.17. The van der Waals surface area contributed by atoms with Gasteiger partial charge in [-0.15, -0.1) is 0 Å².